The normalized spacial score (nSPS) is 18.8. The lowest BCUT2D eigenvalue weighted by Crippen LogP contribution is -2.31. The lowest BCUT2D eigenvalue weighted by molar-refractivity contribution is -0.125. The summed E-state index contributed by atoms with van der Waals surface area (Å²) in [6, 6.07) is 0. The van der Waals surface area contributed by atoms with Crippen LogP contribution in [0.5, 0.6) is 0 Å². The molecule has 70 valence electrons. The molecule has 1 saturated carbocycles. The maximum Gasteiger partial charge on any atom is 0.223 e. The molecule has 0 spiro atoms. The monoisotopic (exact) mass is 170 g/mol. The van der Waals surface area contributed by atoms with Gasteiger partial charge < -0.3 is 11.1 Å². The van der Waals surface area contributed by atoms with Crippen LogP contribution in [0.1, 0.15) is 26.2 Å². The summed E-state index contributed by atoms with van der Waals surface area (Å²) in [6.07, 6.45) is 3.33. The zero-order chi connectivity index (χ0) is 8.97. The van der Waals surface area contributed by atoms with Crippen LogP contribution >= 0.6 is 0 Å². The first kappa shape index (κ1) is 9.52. The minimum Gasteiger partial charge on any atom is -0.356 e. The molecule has 3 nitrogen and oxygen atoms in total. The molecular formula is C9H18N2O. The van der Waals surface area contributed by atoms with E-state index < -0.39 is 0 Å². The summed E-state index contributed by atoms with van der Waals surface area (Å²) in [5, 5.41) is 2.89. The predicted molar refractivity (Wildman–Crippen MR) is 48.6 cm³/mol. The lowest BCUT2D eigenvalue weighted by atomic mass is 10.1. The molecule has 0 bridgehead atoms. The number of hydrogen-bond donors (Lipinski definition) is 2. The highest BCUT2D eigenvalue weighted by Crippen LogP contribution is 2.36. The summed E-state index contributed by atoms with van der Waals surface area (Å²) in [7, 11) is 0. The molecular weight excluding hydrogens is 152 g/mol. The molecule has 1 amide bonds. The molecule has 1 unspecified atom stereocenters. The van der Waals surface area contributed by atoms with E-state index in [2.05, 4.69) is 5.32 Å². The summed E-state index contributed by atoms with van der Waals surface area (Å²) in [6.45, 7) is 3.39. The fourth-order valence-electron chi connectivity index (χ4n) is 1.28. The molecule has 0 saturated heterocycles. The lowest BCUT2D eigenvalue weighted by Gasteiger charge is -2.09. The molecule has 0 aliphatic heterocycles. The van der Waals surface area contributed by atoms with E-state index in [0.29, 0.717) is 12.5 Å². The average Bonchev–Trinajstić information content (AvgIpc) is 2.86. The summed E-state index contributed by atoms with van der Waals surface area (Å²) >= 11 is 0. The second-order valence-corrected chi connectivity index (χ2v) is 3.56. The first-order chi connectivity index (χ1) is 5.75. The van der Waals surface area contributed by atoms with Crippen LogP contribution < -0.4 is 11.1 Å². The third-order valence-corrected chi connectivity index (χ3v) is 2.42. The van der Waals surface area contributed by atoms with Crippen LogP contribution in [0.4, 0.5) is 0 Å². The second kappa shape index (κ2) is 4.45. The van der Waals surface area contributed by atoms with Gasteiger partial charge in [-0.25, -0.2) is 0 Å². The fourth-order valence-corrected chi connectivity index (χ4v) is 1.28. The molecule has 1 rings (SSSR count). The number of rotatable bonds is 5. The van der Waals surface area contributed by atoms with Crippen molar-refractivity contribution in [1.29, 1.82) is 0 Å². The van der Waals surface area contributed by atoms with Crippen LogP contribution in [0, 0.1) is 11.8 Å². The molecule has 12 heavy (non-hydrogen) atoms. The molecule has 0 aromatic heterocycles. The molecule has 3 N–H and O–H groups in total. The highest BCUT2D eigenvalue weighted by Gasteiger charge is 2.32. The van der Waals surface area contributed by atoms with E-state index in [4.69, 9.17) is 5.73 Å². The maximum absolute atomic E-state index is 11.3. The van der Waals surface area contributed by atoms with Crippen LogP contribution in [0.2, 0.25) is 0 Å². The van der Waals surface area contributed by atoms with E-state index in [0.717, 1.165) is 13.0 Å². The van der Waals surface area contributed by atoms with Crippen molar-refractivity contribution in [3.8, 4) is 0 Å². The Kier molecular flexibility index (Phi) is 3.53. The van der Waals surface area contributed by atoms with E-state index in [9.17, 15) is 4.79 Å². The minimum atomic E-state index is 0.200. The topological polar surface area (TPSA) is 55.1 Å². The number of amides is 1. The molecule has 1 fully saturated rings. The minimum absolute atomic E-state index is 0.200. The number of carbonyl (C=O) groups excluding carboxylic acids is 1. The first-order valence-corrected chi connectivity index (χ1v) is 4.73. The molecule has 0 radical (unpaired) electrons. The molecule has 0 aromatic rings. The number of nitrogens with one attached hydrogen (secondary N) is 1. The van der Waals surface area contributed by atoms with E-state index in [1.165, 1.54) is 12.8 Å². The smallest absolute Gasteiger partial charge is 0.223 e. The summed E-state index contributed by atoms with van der Waals surface area (Å²) in [4.78, 5) is 11.3. The van der Waals surface area contributed by atoms with Crippen molar-refractivity contribution < 1.29 is 4.79 Å². The Labute approximate surface area is 73.7 Å². The average molecular weight is 170 g/mol. The van der Waals surface area contributed by atoms with Gasteiger partial charge in [0.15, 0.2) is 0 Å². The van der Waals surface area contributed by atoms with Gasteiger partial charge in [-0.2, -0.15) is 0 Å². The van der Waals surface area contributed by atoms with Crippen LogP contribution in [-0.4, -0.2) is 19.0 Å². The Morgan fingerprint density at radius 3 is 2.83 bits per heavy atom. The van der Waals surface area contributed by atoms with Crippen LogP contribution in [-0.2, 0) is 4.79 Å². The Hall–Kier alpha value is -0.570. The van der Waals surface area contributed by atoms with E-state index in [-0.39, 0.29) is 11.8 Å². The van der Waals surface area contributed by atoms with Crippen molar-refractivity contribution >= 4 is 5.91 Å². The van der Waals surface area contributed by atoms with Gasteiger partial charge in [0.25, 0.3) is 0 Å². The van der Waals surface area contributed by atoms with Crippen LogP contribution in [0.15, 0.2) is 0 Å². The predicted octanol–water partition coefficient (Wildman–Crippen LogP) is 0.497. The summed E-state index contributed by atoms with van der Waals surface area (Å²) in [5.74, 6) is 1.07. The molecule has 0 aromatic carbocycles. The van der Waals surface area contributed by atoms with E-state index in [1.54, 1.807) is 0 Å². The van der Waals surface area contributed by atoms with Gasteiger partial charge in [-0.05, 0) is 31.7 Å². The van der Waals surface area contributed by atoms with Crippen molar-refractivity contribution in [2.45, 2.75) is 26.2 Å². The van der Waals surface area contributed by atoms with Gasteiger partial charge in [-0.3, -0.25) is 4.79 Å². The Morgan fingerprint density at radius 2 is 2.33 bits per heavy atom. The number of hydrogen-bond acceptors (Lipinski definition) is 2. The first-order valence-electron chi connectivity index (χ1n) is 4.73. The van der Waals surface area contributed by atoms with Gasteiger partial charge in [0.05, 0.1) is 0 Å². The highest BCUT2D eigenvalue weighted by atomic mass is 16.1. The third kappa shape index (κ3) is 2.81. The summed E-state index contributed by atoms with van der Waals surface area (Å²) in [5.41, 5.74) is 5.31. The Balaban J connectivity index is 2.09. The van der Waals surface area contributed by atoms with Gasteiger partial charge in [0.1, 0.15) is 0 Å². The zero-order valence-electron chi connectivity index (χ0n) is 7.68. The number of nitrogens with two attached hydrogens (primary N) is 1. The van der Waals surface area contributed by atoms with Crippen molar-refractivity contribution in [3.63, 3.8) is 0 Å². The Bertz CT molecular complexity index is 155. The third-order valence-electron chi connectivity index (χ3n) is 2.42. The SMILES string of the molecule is CC(C(=O)NCCCN)C1CC1. The van der Waals surface area contributed by atoms with Gasteiger partial charge in [0.2, 0.25) is 5.91 Å². The van der Waals surface area contributed by atoms with Gasteiger partial charge in [0, 0.05) is 12.5 Å². The fraction of sp³-hybridized carbons (Fsp3) is 0.889. The molecule has 0 heterocycles. The highest BCUT2D eigenvalue weighted by molar-refractivity contribution is 5.78. The molecule has 3 heteroatoms. The van der Waals surface area contributed by atoms with Gasteiger partial charge >= 0.3 is 0 Å². The standard InChI is InChI=1S/C9H18N2O/c1-7(8-3-4-8)9(12)11-6-2-5-10/h7-8H,2-6,10H2,1H3,(H,11,12). The summed E-state index contributed by atoms with van der Waals surface area (Å²) < 4.78 is 0. The van der Waals surface area contributed by atoms with Crippen LogP contribution in [0.3, 0.4) is 0 Å². The van der Waals surface area contributed by atoms with E-state index >= 15 is 0 Å². The Morgan fingerprint density at radius 1 is 1.67 bits per heavy atom. The van der Waals surface area contributed by atoms with Crippen LogP contribution in [0.25, 0.3) is 0 Å². The largest absolute Gasteiger partial charge is 0.356 e. The molecule has 1 aliphatic carbocycles. The molecule has 1 atom stereocenters. The molecule has 1 aliphatic rings. The van der Waals surface area contributed by atoms with Crippen molar-refractivity contribution in [2.75, 3.05) is 13.1 Å². The van der Waals surface area contributed by atoms with Crippen molar-refractivity contribution in [2.24, 2.45) is 17.6 Å². The number of carbonyl (C=O) groups is 1. The maximum atomic E-state index is 11.3. The second-order valence-electron chi connectivity index (χ2n) is 3.56. The quantitative estimate of drug-likeness (QED) is 0.590. The zero-order valence-corrected chi connectivity index (χ0v) is 7.68. The van der Waals surface area contributed by atoms with Gasteiger partial charge in [-0.15, -0.1) is 0 Å². The van der Waals surface area contributed by atoms with Gasteiger partial charge in [-0.1, -0.05) is 6.92 Å². The van der Waals surface area contributed by atoms with Crippen molar-refractivity contribution in [3.05, 3.63) is 0 Å². The van der Waals surface area contributed by atoms with E-state index in [1.807, 2.05) is 6.92 Å². The van der Waals surface area contributed by atoms with Crippen molar-refractivity contribution in [1.82, 2.24) is 5.32 Å².